The van der Waals surface area contributed by atoms with Crippen LogP contribution in [0.4, 0.5) is 5.69 Å². The molecular weight excluding hydrogens is 532 g/mol. The number of hydrogen-bond acceptors (Lipinski definition) is 11. The summed E-state index contributed by atoms with van der Waals surface area (Å²) in [5.41, 5.74) is 3.79. The van der Waals surface area contributed by atoms with Gasteiger partial charge in [-0.3, -0.25) is 19.3 Å². The molecule has 41 heavy (non-hydrogen) atoms. The van der Waals surface area contributed by atoms with E-state index in [0.717, 1.165) is 11.3 Å². The minimum Gasteiger partial charge on any atom is -0.510 e. The number of phenolic OH excluding ortho intramolecular Hbond substituents is 1. The zero-order valence-electron chi connectivity index (χ0n) is 24.3. The fraction of sp³-hybridized carbons (Fsp3) is 0.552. The van der Waals surface area contributed by atoms with E-state index in [1.54, 1.807) is 14.1 Å². The van der Waals surface area contributed by atoms with E-state index in [2.05, 4.69) is 5.32 Å². The lowest BCUT2D eigenvalue weighted by atomic mass is 9.58. The molecule has 224 valence electrons. The number of carbonyl (C=O) groups is 3. The minimum atomic E-state index is -2.66. The van der Waals surface area contributed by atoms with Crippen molar-refractivity contribution in [3.05, 3.63) is 45.4 Å². The Bertz CT molecular complexity index is 1350. The molecule has 12 heteroatoms. The van der Waals surface area contributed by atoms with Gasteiger partial charge in [-0.15, -0.1) is 0 Å². The summed E-state index contributed by atoms with van der Waals surface area (Å²) in [4.78, 5) is 42.9. The van der Waals surface area contributed by atoms with Gasteiger partial charge in [0.2, 0.25) is 5.78 Å². The highest BCUT2D eigenvalue weighted by atomic mass is 16.5. The molecule has 0 aromatic heterocycles. The maximum Gasteiger partial charge on any atom is 0.255 e. The molecule has 1 amide bonds. The number of hydrogen-bond donors (Lipinski definition) is 6. The summed E-state index contributed by atoms with van der Waals surface area (Å²) in [6.45, 7) is 5.39. The van der Waals surface area contributed by atoms with Gasteiger partial charge in [0, 0.05) is 44.4 Å². The van der Waals surface area contributed by atoms with E-state index in [9.17, 15) is 34.8 Å². The van der Waals surface area contributed by atoms with Crippen LogP contribution in [0.5, 0.6) is 5.75 Å². The van der Waals surface area contributed by atoms with Gasteiger partial charge in [-0.05, 0) is 63.9 Å². The lowest BCUT2D eigenvalue weighted by molar-refractivity contribution is -0.148. The van der Waals surface area contributed by atoms with Gasteiger partial charge in [0.1, 0.15) is 22.8 Å². The van der Waals surface area contributed by atoms with Crippen LogP contribution in [0.15, 0.2) is 28.7 Å². The second-order valence-corrected chi connectivity index (χ2v) is 11.7. The number of rotatable bonds is 9. The number of Topliss-reactive ketones (excluding diaryl/α,β-unsaturated/α-hetero) is 2. The maximum absolute atomic E-state index is 13.9. The van der Waals surface area contributed by atoms with Crippen LogP contribution in [0.1, 0.15) is 41.8 Å². The van der Waals surface area contributed by atoms with Crippen LogP contribution in [-0.4, -0.2) is 102 Å². The standard InChI is InChI=1S/C29H40N4O8/c1-13(2)41-8-7-31-12-15-11-18(34)20-16(22(15)32(3)4)9-14-10-17-23(33(5)6)25(36)21(28(30)39)27(38)29(17,40)26(37)19(14)24(20)35/h11,13-14,17,23,31,34,36-37,40H,7-10,12H2,1-6H3,(H2,30,39)/t14-,17-,23-,29-/m0/s1. The highest BCUT2D eigenvalue weighted by Gasteiger charge is 2.63. The topological polar surface area (TPSA) is 186 Å². The van der Waals surface area contributed by atoms with Crippen LogP contribution in [0, 0.1) is 11.8 Å². The van der Waals surface area contributed by atoms with Gasteiger partial charge in [0.05, 0.1) is 24.3 Å². The van der Waals surface area contributed by atoms with E-state index in [-0.39, 0.29) is 35.8 Å². The van der Waals surface area contributed by atoms with Crippen LogP contribution < -0.4 is 16.0 Å². The average Bonchev–Trinajstić information content (AvgIpc) is 2.85. The summed E-state index contributed by atoms with van der Waals surface area (Å²) < 4.78 is 5.58. The molecule has 0 fully saturated rings. The number of ketones is 2. The molecule has 0 spiro atoms. The third-order valence-corrected chi connectivity index (χ3v) is 8.27. The molecule has 0 unspecified atom stereocenters. The molecule has 3 aliphatic carbocycles. The molecule has 0 radical (unpaired) electrons. The molecule has 4 rings (SSSR count). The number of phenols is 1. The van der Waals surface area contributed by atoms with Gasteiger partial charge in [-0.2, -0.15) is 0 Å². The number of anilines is 1. The van der Waals surface area contributed by atoms with Crippen LogP contribution in [0.25, 0.3) is 0 Å². The molecule has 12 nitrogen and oxygen atoms in total. The Morgan fingerprint density at radius 1 is 1.20 bits per heavy atom. The Labute approximate surface area is 239 Å². The number of nitrogens with two attached hydrogens (primary N) is 1. The van der Waals surface area contributed by atoms with Crippen LogP contribution in [0.2, 0.25) is 0 Å². The number of primary amides is 1. The van der Waals surface area contributed by atoms with E-state index in [1.807, 2.05) is 32.8 Å². The number of aromatic hydroxyl groups is 1. The number of allylic oxidation sites excluding steroid dienone is 1. The number of amides is 1. The summed E-state index contributed by atoms with van der Waals surface area (Å²) in [5, 5.41) is 48.4. The third-order valence-electron chi connectivity index (χ3n) is 8.27. The predicted octanol–water partition coefficient (Wildman–Crippen LogP) is 0.701. The molecule has 0 saturated carbocycles. The SMILES string of the molecule is CC(C)OCCNCc1cc(O)c2c(c1N(C)C)C[C@H]1C[C@H]3[C@H](N(C)C)C(O)=C(C(N)=O)C(=O)[C@@]3(O)C(O)=C1C2=O. The number of fused-ring (bicyclic) bond motifs is 3. The number of aliphatic hydroxyl groups excluding tert-OH is 2. The van der Waals surface area contributed by atoms with Crippen molar-refractivity contribution in [2.45, 2.75) is 51.0 Å². The largest absolute Gasteiger partial charge is 0.510 e. The number of aliphatic hydroxyl groups is 3. The van der Waals surface area contributed by atoms with E-state index in [0.29, 0.717) is 25.3 Å². The van der Waals surface area contributed by atoms with Crippen molar-refractivity contribution in [2.24, 2.45) is 17.6 Å². The van der Waals surface area contributed by atoms with Gasteiger partial charge in [0.15, 0.2) is 11.4 Å². The van der Waals surface area contributed by atoms with Crippen molar-refractivity contribution in [1.82, 2.24) is 10.2 Å². The lowest BCUT2D eigenvalue weighted by Crippen LogP contribution is -2.63. The van der Waals surface area contributed by atoms with Gasteiger partial charge in [-0.25, -0.2) is 0 Å². The van der Waals surface area contributed by atoms with Crippen molar-refractivity contribution in [3.8, 4) is 5.75 Å². The first-order valence-corrected chi connectivity index (χ1v) is 13.7. The highest BCUT2D eigenvalue weighted by Crippen LogP contribution is 2.53. The Kier molecular flexibility index (Phi) is 8.25. The van der Waals surface area contributed by atoms with Gasteiger partial charge < -0.3 is 41.1 Å². The molecule has 0 aliphatic heterocycles. The normalized spacial score (nSPS) is 25.9. The molecule has 4 atom stereocenters. The Morgan fingerprint density at radius 3 is 2.41 bits per heavy atom. The van der Waals surface area contributed by atoms with Gasteiger partial charge in [-0.1, -0.05) is 0 Å². The summed E-state index contributed by atoms with van der Waals surface area (Å²) in [6, 6.07) is 0.464. The Morgan fingerprint density at radius 2 is 1.85 bits per heavy atom. The van der Waals surface area contributed by atoms with E-state index >= 15 is 0 Å². The van der Waals surface area contributed by atoms with E-state index < -0.39 is 58.0 Å². The quantitative estimate of drug-likeness (QED) is 0.181. The van der Waals surface area contributed by atoms with Gasteiger partial charge >= 0.3 is 0 Å². The lowest BCUT2D eigenvalue weighted by Gasteiger charge is -2.50. The zero-order valence-corrected chi connectivity index (χ0v) is 24.3. The summed E-state index contributed by atoms with van der Waals surface area (Å²) in [6.07, 6.45) is 0.361. The van der Waals surface area contributed by atoms with Crippen molar-refractivity contribution in [1.29, 1.82) is 0 Å². The fourth-order valence-electron chi connectivity index (χ4n) is 6.66. The van der Waals surface area contributed by atoms with Crippen LogP contribution in [0.3, 0.4) is 0 Å². The summed E-state index contributed by atoms with van der Waals surface area (Å²) >= 11 is 0. The first-order valence-electron chi connectivity index (χ1n) is 13.7. The first-order chi connectivity index (χ1) is 19.1. The Balaban J connectivity index is 1.82. The van der Waals surface area contributed by atoms with Crippen LogP contribution >= 0.6 is 0 Å². The average molecular weight is 573 g/mol. The maximum atomic E-state index is 13.9. The third kappa shape index (κ3) is 4.88. The first kappa shape index (κ1) is 30.5. The van der Waals surface area contributed by atoms with Gasteiger partial charge in [0.25, 0.3) is 5.91 Å². The second kappa shape index (κ2) is 11.1. The van der Waals surface area contributed by atoms with E-state index in [4.69, 9.17) is 10.5 Å². The fourth-order valence-corrected chi connectivity index (χ4v) is 6.66. The number of nitrogens with one attached hydrogen (secondary N) is 1. The van der Waals surface area contributed by atoms with Crippen molar-refractivity contribution in [2.75, 3.05) is 46.2 Å². The predicted molar refractivity (Wildman–Crippen MR) is 151 cm³/mol. The number of nitrogens with zero attached hydrogens (tertiary/aromatic N) is 2. The molecule has 0 bridgehead atoms. The molecule has 1 aromatic rings. The number of carbonyl (C=O) groups excluding carboxylic acids is 3. The van der Waals surface area contributed by atoms with Crippen molar-refractivity contribution < 1.29 is 39.5 Å². The molecule has 0 saturated heterocycles. The molecule has 3 aliphatic rings. The monoisotopic (exact) mass is 572 g/mol. The molecular formula is C29H40N4O8. The molecule has 7 N–H and O–H groups in total. The van der Waals surface area contributed by atoms with Crippen LogP contribution in [-0.2, 0) is 27.3 Å². The highest BCUT2D eigenvalue weighted by molar-refractivity contribution is 6.24. The van der Waals surface area contributed by atoms with Crippen molar-refractivity contribution in [3.63, 3.8) is 0 Å². The van der Waals surface area contributed by atoms with E-state index in [1.165, 1.54) is 11.0 Å². The summed E-state index contributed by atoms with van der Waals surface area (Å²) in [7, 11) is 6.87. The van der Waals surface area contributed by atoms with Crippen molar-refractivity contribution >= 4 is 23.2 Å². The number of likely N-dealkylation sites (N-methyl/N-ethyl adjacent to an activating group) is 1. The Hall–Kier alpha value is -3.45. The second-order valence-electron chi connectivity index (χ2n) is 11.7. The minimum absolute atomic E-state index is 0.0126. The zero-order chi connectivity index (χ0) is 30.5. The summed E-state index contributed by atoms with van der Waals surface area (Å²) in [5.74, 6) is -6.68. The smallest absolute Gasteiger partial charge is 0.255 e. The number of benzene rings is 1. The number of ether oxygens (including phenoxy) is 1. The molecule has 0 heterocycles. The molecule has 1 aromatic carbocycles.